The molecule has 0 spiro atoms. The number of para-hydroxylation sites is 2. The number of rotatable bonds is 8. The molecule has 4 aromatic rings. The van der Waals surface area contributed by atoms with Gasteiger partial charge in [0.15, 0.2) is 11.0 Å². The second kappa shape index (κ2) is 10.4. The SMILES string of the molecule is Cc1ccc(-n2c(COc3ccccc3)nnc2SCC(=O)Nc2c(C)cccc2C)cc1. The topological polar surface area (TPSA) is 69.0 Å². The van der Waals surface area contributed by atoms with E-state index < -0.39 is 0 Å². The van der Waals surface area contributed by atoms with Crippen molar-refractivity contribution in [3.05, 3.63) is 95.3 Å². The first-order valence-electron chi connectivity index (χ1n) is 10.7. The zero-order valence-corrected chi connectivity index (χ0v) is 19.7. The first-order chi connectivity index (χ1) is 16.0. The molecule has 0 aliphatic heterocycles. The number of ether oxygens (including phenoxy) is 1. The monoisotopic (exact) mass is 458 g/mol. The standard InChI is InChI=1S/C26H26N4O2S/c1-18-12-14-21(15-13-18)30-23(16-32-22-10-5-4-6-11-22)28-29-26(30)33-17-24(31)27-25-19(2)8-7-9-20(25)3/h4-15H,16-17H2,1-3H3,(H,27,31). The van der Waals surface area contributed by atoms with E-state index in [2.05, 4.69) is 15.5 Å². The third-order valence-corrected chi connectivity index (χ3v) is 6.11. The summed E-state index contributed by atoms with van der Waals surface area (Å²) >= 11 is 1.35. The van der Waals surface area contributed by atoms with Crippen LogP contribution >= 0.6 is 11.8 Å². The first kappa shape index (κ1) is 22.6. The minimum atomic E-state index is -0.0852. The zero-order chi connectivity index (χ0) is 23.2. The number of carbonyl (C=O) groups excluding carboxylic acids is 1. The van der Waals surface area contributed by atoms with Crippen molar-refractivity contribution in [1.82, 2.24) is 14.8 Å². The van der Waals surface area contributed by atoms with Gasteiger partial charge in [-0.1, -0.05) is 65.9 Å². The first-order valence-corrected chi connectivity index (χ1v) is 11.7. The van der Waals surface area contributed by atoms with Crippen molar-refractivity contribution in [1.29, 1.82) is 0 Å². The van der Waals surface area contributed by atoms with Gasteiger partial charge in [0.1, 0.15) is 12.4 Å². The molecule has 33 heavy (non-hydrogen) atoms. The number of hydrogen-bond donors (Lipinski definition) is 1. The number of amides is 1. The number of anilines is 1. The summed E-state index contributed by atoms with van der Waals surface area (Å²) in [6.07, 6.45) is 0. The van der Waals surface area contributed by atoms with Crippen LogP contribution in [0.4, 0.5) is 5.69 Å². The van der Waals surface area contributed by atoms with E-state index in [1.165, 1.54) is 11.8 Å². The van der Waals surface area contributed by atoms with Crippen molar-refractivity contribution in [2.45, 2.75) is 32.5 Å². The maximum Gasteiger partial charge on any atom is 0.234 e. The highest BCUT2D eigenvalue weighted by Gasteiger charge is 2.17. The lowest BCUT2D eigenvalue weighted by atomic mass is 10.1. The normalized spacial score (nSPS) is 10.8. The lowest BCUT2D eigenvalue weighted by Gasteiger charge is -2.13. The minimum absolute atomic E-state index is 0.0852. The van der Waals surface area contributed by atoms with Gasteiger partial charge >= 0.3 is 0 Å². The minimum Gasteiger partial charge on any atom is -0.486 e. The van der Waals surface area contributed by atoms with Gasteiger partial charge < -0.3 is 10.1 Å². The van der Waals surface area contributed by atoms with Crippen LogP contribution in [-0.4, -0.2) is 26.4 Å². The van der Waals surface area contributed by atoms with Crippen LogP contribution in [-0.2, 0) is 11.4 Å². The van der Waals surface area contributed by atoms with E-state index in [0.29, 0.717) is 11.0 Å². The largest absolute Gasteiger partial charge is 0.486 e. The van der Waals surface area contributed by atoms with Gasteiger partial charge in [-0.05, 0) is 56.2 Å². The molecule has 1 aromatic heterocycles. The van der Waals surface area contributed by atoms with E-state index in [1.54, 1.807) is 0 Å². The van der Waals surface area contributed by atoms with Crippen LogP contribution in [0.5, 0.6) is 5.75 Å². The Morgan fingerprint density at radius 3 is 2.30 bits per heavy atom. The molecule has 0 aliphatic carbocycles. The summed E-state index contributed by atoms with van der Waals surface area (Å²) in [7, 11) is 0. The summed E-state index contributed by atoms with van der Waals surface area (Å²) in [4.78, 5) is 12.7. The van der Waals surface area contributed by atoms with Crippen molar-refractivity contribution in [2.24, 2.45) is 0 Å². The number of nitrogens with zero attached hydrogens (tertiary/aromatic N) is 3. The summed E-state index contributed by atoms with van der Waals surface area (Å²) in [6, 6.07) is 23.7. The molecule has 0 saturated heterocycles. The number of hydrogen-bond acceptors (Lipinski definition) is 5. The van der Waals surface area contributed by atoms with Crippen molar-refractivity contribution in [2.75, 3.05) is 11.1 Å². The number of thioether (sulfide) groups is 1. The second-order valence-electron chi connectivity index (χ2n) is 7.78. The van der Waals surface area contributed by atoms with Gasteiger partial charge in [-0.15, -0.1) is 10.2 Å². The summed E-state index contributed by atoms with van der Waals surface area (Å²) in [6.45, 7) is 6.29. The molecule has 4 rings (SSSR count). The third kappa shape index (κ3) is 5.62. The van der Waals surface area contributed by atoms with E-state index in [-0.39, 0.29) is 18.3 Å². The molecule has 1 N–H and O–H groups in total. The Morgan fingerprint density at radius 1 is 0.909 bits per heavy atom. The smallest absolute Gasteiger partial charge is 0.234 e. The number of carbonyl (C=O) groups is 1. The van der Waals surface area contributed by atoms with Gasteiger partial charge in [0.2, 0.25) is 5.91 Å². The van der Waals surface area contributed by atoms with E-state index in [0.717, 1.165) is 33.8 Å². The fourth-order valence-corrected chi connectivity index (χ4v) is 4.19. The van der Waals surface area contributed by atoms with Crippen LogP contribution in [0.15, 0.2) is 78.0 Å². The average Bonchev–Trinajstić information content (AvgIpc) is 3.23. The van der Waals surface area contributed by atoms with Crippen molar-refractivity contribution < 1.29 is 9.53 Å². The second-order valence-corrected chi connectivity index (χ2v) is 8.72. The van der Waals surface area contributed by atoms with Crippen LogP contribution in [0, 0.1) is 20.8 Å². The lowest BCUT2D eigenvalue weighted by Crippen LogP contribution is -2.16. The molecule has 0 aliphatic rings. The molecule has 3 aromatic carbocycles. The van der Waals surface area contributed by atoms with Crippen LogP contribution in [0.25, 0.3) is 5.69 Å². The molecule has 0 fully saturated rings. The Kier molecular flexibility index (Phi) is 7.10. The Hall–Kier alpha value is -3.58. The van der Waals surface area contributed by atoms with Gasteiger partial charge in [0, 0.05) is 11.4 Å². The molecule has 7 heteroatoms. The summed E-state index contributed by atoms with van der Waals surface area (Å²) in [5.41, 5.74) is 5.03. The third-order valence-electron chi connectivity index (χ3n) is 5.18. The molecule has 0 atom stereocenters. The van der Waals surface area contributed by atoms with Crippen LogP contribution in [0.3, 0.4) is 0 Å². The predicted octanol–water partition coefficient (Wildman–Crippen LogP) is 5.50. The molecule has 1 amide bonds. The van der Waals surface area contributed by atoms with Gasteiger partial charge in [0.25, 0.3) is 0 Å². The highest BCUT2D eigenvalue weighted by molar-refractivity contribution is 7.99. The zero-order valence-electron chi connectivity index (χ0n) is 18.9. The molecule has 0 saturated carbocycles. The van der Waals surface area contributed by atoms with Gasteiger partial charge in [0.05, 0.1) is 5.75 Å². The van der Waals surface area contributed by atoms with Gasteiger partial charge in [-0.3, -0.25) is 9.36 Å². The molecule has 1 heterocycles. The highest BCUT2D eigenvalue weighted by atomic mass is 32.2. The van der Waals surface area contributed by atoms with Gasteiger partial charge in [-0.2, -0.15) is 0 Å². The molecule has 0 radical (unpaired) electrons. The Balaban J connectivity index is 1.52. The van der Waals surface area contributed by atoms with E-state index in [1.807, 2.05) is 98.1 Å². The Bertz CT molecular complexity index is 1220. The van der Waals surface area contributed by atoms with E-state index in [4.69, 9.17) is 4.74 Å². The number of aryl methyl sites for hydroxylation is 3. The summed E-state index contributed by atoms with van der Waals surface area (Å²) in [5, 5.41) is 12.4. The van der Waals surface area contributed by atoms with E-state index in [9.17, 15) is 4.79 Å². The maximum absolute atomic E-state index is 12.7. The average molecular weight is 459 g/mol. The number of nitrogens with one attached hydrogen (secondary N) is 1. The molecular formula is C26H26N4O2S. The molecule has 6 nitrogen and oxygen atoms in total. The number of benzene rings is 3. The van der Waals surface area contributed by atoms with Crippen LogP contribution in [0.2, 0.25) is 0 Å². The van der Waals surface area contributed by atoms with Crippen LogP contribution in [0.1, 0.15) is 22.5 Å². The van der Waals surface area contributed by atoms with Crippen molar-refractivity contribution in [3.63, 3.8) is 0 Å². The fourth-order valence-electron chi connectivity index (χ4n) is 3.42. The maximum atomic E-state index is 12.7. The quantitative estimate of drug-likeness (QED) is 0.353. The predicted molar refractivity (Wildman–Crippen MR) is 132 cm³/mol. The van der Waals surface area contributed by atoms with Crippen molar-refractivity contribution >= 4 is 23.4 Å². The van der Waals surface area contributed by atoms with Gasteiger partial charge in [-0.25, -0.2) is 0 Å². The highest BCUT2D eigenvalue weighted by Crippen LogP contribution is 2.25. The Morgan fingerprint density at radius 2 is 1.61 bits per heavy atom. The lowest BCUT2D eigenvalue weighted by molar-refractivity contribution is -0.113. The van der Waals surface area contributed by atoms with Crippen molar-refractivity contribution in [3.8, 4) is 11.4 Å². The van der Waals surface area contributed by atoms with Crippen LogP contribution < -0.4 is 10.1 Å². The summed E-state index contributed by atoms with van der Waals surface area (Å²) < 4.78 is 7.85. The molecule has 0 bridgehead atoms. The molecular weight excluding hydrogens is 432 g/mol. The number of aromatic nitrogens is 3. The van der Waals surface area contributed by atoms with E-state index >= 15 is 0 Å². The molecule has 168 valence electrons. The molecule has 0 unspecified atom stereocenters. The fraction of sp³-hybridized carbons (Fsp3) is 0.192. The summed E-state index contributed by atoms with van der Waals surface area (Å²) in [5.74, 6) is 1.56. The Labute approximate surface area is 198 Å².